The molecule has 9 heteroatoms. The van der Waals surface area contributed by atoms with Crippen LogP contribution in [0, 0.1) is 0 Å². The highest BCUT2D eigenvalue weighted by atomic mass is 19.4. The number of hydrogen-bond donors (Lipinski definition) is 1. The fourth-order valence-electron chi connectivity index (χ4n) is 3.16. The lowest BCUT2D eigenvalue weighted by Gasteiger charge is -2.29. The quantitative estimate of drug-likeness (QED) is 0.830. The monoisotopic (exact) mass is 405 g/mol. The van der Waals surface area contributed by atoms with Crippen LogP contribution in [0.1, 0.15) is 39.1 Å². The molecule has 6 nitrogen and oxygen atoms in total. The second-order valence-corrected chi connectivity index (χ2v) is 6.59. The lowest BCUT2D eigenvalue weighted by Crippen LogP contribution is -2.43. The van der Waals surface area contributed by atoms with Crippen LogP contribution in [-0.4, -0.2) is 35.8 Å². The Labute approximate surface area is 164 Å². The minimum Gasteiger partial charge on any atom is -0.366 e. The maximum Gasteiger partial charge on any atom is 0.417 e. The number of hydrogen-bond acceptors (Lipinski definition) is 3. The fraction of sp³-hybridized carbons (Fsp3) is 0.250. The zero-order valence-corrected chi connectivity index (χ0v) is 15.3. The number of rotatable bonds is 5. The molecular formula is C20H18F3N3O3. The number of carbonyl (C=O) groups is 3. The van der Waals surface area contributed by atoms with Crippen LogP contribution in [0.25, 0.3) is 0 Å². The third kappa shape index (κ3) is 4.39. The molecule has 0 aliphatic carbocycles. The Hall–Kier alpha value is -3.36. The number of nitrogens with two attached hydrogens (primary N) is 1. The van der Waals surface area contributed by atoms with E-state index in [1.165, 1.54) is 41.3 Å². The van der Waals surface area contributed by atoms with Crippen molar-refractivity contribution < 1.29 is 27.6 Å². The molecule has 29 heavy (non-hydrogen) atoms. The summed E-state index contributed by atoms with van der Waals surface area (Å²) < 4.78 is 40.2. The van der Waals surface area contributed by atoms with Crippen LogP contribution >= 0.6 is 0 Å². The number of anilines is 1. The Kier molecular flexibility index (Phi) is 5.58. The smallest absolute Gasteiger partial charge is 0.366 e. The van der Waals surface area contributed by atoms with Crippen molar-refractivity contribution in [3.8, 4) is 0 Å². The molecule has 2 aromatic carbocycles. The third-order valence-electron chi connectivity index (χ3n) is 4.66. The average molecular weight is 405 g/mol. The number of alkyl halides is 3. The third-order valence-corrected chi connectivity index (χ3v) is 4.66. The van der Waals surface area contributed by atoms with Crippen LogP contribution < -0.4 is 10.6 Å². The summed E-state index contributed by atoms with van der Waals surface area (Å²) in [7, 11) is 0. The summed E-state index contributed by atoms with van der Waals surface area (Å²) in [6, 6.07) is 10.1. The van der Waals surface area contributed by atoms with Gasteiger partial charge in [-0.2, -0.15) is 13.2 Å². The van der Waals surface area contributed by atoms with Gasteiger partial charge in [0.05, 0.1) is 11.1 Å². The van der Waals surface area contributed by atoms with Gasteiger partial charge in [0, 0.05) is 24.2 Å². The average Bonchev–Trinajstić information content (AvgIpc) is 3.09. The second kappa shape index (κ2) is 7.94. The van der Waals surface area contributed by atoms with Gasteiger partial charge < -0.3 is 10.6 Å². The molecule has 152 valence electrons. The van der Waals surface area contributed by atoms with E-state index in [0.29, 0.717) is 19.4 Å². The molecule has 0 aromatic heterocycles. The highest BCUT2D eigenvalue weighted by Crippen LogP contribution is 2.33. The van der Waals surface area contributed by atoms with Crippen LogP contribution in [0.4, 0.5) is 18.9 Å². The highest BCUT2D eigenvalue weighted by Gasteiger charge is 2.37. The normalized spacial score (nSPS) is 14.2. The number of halogens is 3. The van der Waals surface area contributed by atoms with Crippen LogP contribution in [-0.2, 0) is 11.0 Å². The van der Waals surface area contributed by atoms with Gasteiger partial charge in [0.15, 0.2) is 0 Å². The molecular weight excluding hydrogens is 387 g/mol. The molecule has 0 saturated carbocycles. The minimum atomic E-state index is -4.71. The first-order valence-electron chi connectivity index (χ1n) is 8.84. The Morgan fingerprint density at radius 3 is 2.28 bits per heavy atom. The van der Waals surface area contributed by atoms with Gasteiger partial charge in [-0.1, -0.05) is 12.1 Å². The van der Waals surface area contributed by atoms with Crippen LogP contribution in [0.15, 0.2) is 48.5 Å². The second-order valence-electron chi connectivity index (χ2n) is 6.59. The lowest BCUT2D eigenvalue weighted by atomic mass is 10.1. The largest absolute Gasteiger partial charge is 0.417 e. The summed E-state index contributed by atoms with van der Waals surface area (Å²) in [4.78, 5) is 38.9. The molecule has 0 bridgehead atoms. The van der Waals surface area contributed by atoms with Gasteiger partial charge in [0.2, 0.25) is 11.8 Å². The SMILES string of the molecule is NC(=O)c1ccc(N(CN2CCCC2=O)C(=O)c2ccccc2C(F)(F)F)cc1. The van der Waals surface area contributed by atoms with E-state index in [0.717, 1.165) is 17.0 Å². The van der Waals surface area contributed by atoms with Gasteiger partial charge in [-0.15, -0.1) is 0 Å². The lowest BCUT2D eigenvalue weighted by molar-refractivity contribution is -0.138. The molecule has 2 aromatic rings. The van der Waals surface area contributed by atoms with E-state index >= 15 is 0 Å². The maximum absolute atomic E-state index is 13.4. The molecule has 2 N–H and O–H groups in total. The standard InChI is InChI=1S/C20H18F3N3O3/c21-20(22,23)16-5-2-1-4-15(16)19(29)26(12-25-11-3-6-17(25)27)14-9-7-13(8-10-14)18(24)28/h1-2,4-5,7-10H,3,6,11-12H2,(H2,24,28). The van der Waals surface area contributed by atoms with E-state index in [9.17, 15) is 27.6 Å². The van der Waals surface area contributed by atoms with Gasteiger partial charge in [-0.3, -0.25) is 19.3 Å². The minimum absolute atomic E-state index is 0.180. The highest BCUT2D eigenvalue weighted by molar-refractivity contribution is 6.07. The molecule has 0 radical (unpaired) electrons. The van der Waals surface area contributed by atoms with Crippen LogP contribution in [0.2, 0.25) is 0 Å². The first-order valence-corrected chi connectivity index (χ1v) is 8.84. The van der Waals surface area contributed by atoms with Gasteiger partial charge in [-0.25, -0.2) is 0 Å². The first kappa shape index (κ1) is 20.4. The predicted octanol–water partition coefficient (Wildman–Crippen LogP) is 3.03. The van der Waals surface area contributed by atoms with Crippen molar-refractivity contribution in [2.45, 2.75) is 19.0 Å². The number of carbonyl (C=O) groups excluding carboxylic acids is 3. The first-order chi connectivity index (χ1) is 13.7. The number of nitrogens with zero attached hydrogens (tertiary/aromatic N) is 2. The zero-order valence-electron chi connectivity index (χ0n) is 15.3. The van der Waals surface area contributed by atoms with Crippen molar-refractivity contribution >= 4 is 23.4 Å². The van der Waals surface area contributed by atoms with Gasteiger partial charge >= 0.3 is 6.18 Å². The van der Waals surface area contributed by atoms with Crippen molar-refractivity contribution in [3.63, 3.8) is 0 Å². The van der Waals surface area contributed by atoms with Gasteiger partial charge in [0.25, 0.3) is 5.91 Å². The predicted molar refractivity (Wildman–Crippen MR) is 99.0 cm³/mol. The Morgan fingerprint density at radius 1 is 1.07 bits per heavy atom. The van der Waals surface area contributed by atoms with E-state index in [1.807, 2.05) is 0 Å². The summed E-state index contributed by atoms with van der Waals surface area (Å²) in [5.41, 5.74) is 4.07. The number of amides is 3. The Balaban J connectivity index is 2.02. The van der Waals surface area contributed by atoms with Gasteiger partial charge in [-0.05, 0) is 42.8 Å². The van der Waals surface area contributed by atoms with Crippen molar-refractivity contribution in [1.82, 2.24) is 4.90 Å². The molecule has 3 rings (SSSR count). The Bertz CT molecular complexity index is 942. The fourth-order valence-corrected chi connectivity index (χ4v) is 3.16. The van der Waals surface area contributed by atoms with Crippen molar-refractivity contribution in [1.29, 1.82) is 0 Å². The molecule has 1 fully saturated rings. The summed E-state index contributed by atoms with van der Waals surface area (Å²) in [6.45, 7) is 0.211. The summed E-state index contributed by atoms with van der Waals surface area (Å²) >= 11 is 0. The number of likely N-dealkylation sites (tertiary alicyclic amines) is 1. The molecule has 0 spiro atoms. The van der Waals surface area contributed by atoms with E-state index in [2.05, 4.69) is 0 Å². The molecule has 1 aliphatic heterocycles. The molecule has 0 unspecified atom stereocenters. The van der Waals surface area contributed by atoms with Crippen LogP contribution in [0.5, 0.6) is 0 Å². The van der Waals surface area contributed by atoms with Gasteiger partial charge in [0.1, 0.15) is 6.67 Å². The number of primary amides is 1. The summed E-state index contributed by atoms with van der Waals surface area (Å²) in [5.74, 6) is -1.75. The van der Waals surface area contributed by atoms with E-state index < -0.39 is 29.1 Å². The molecule has 1 saturated heterocycles. The van der Waals surface area contributed by atoms with Crippen LogP contribution in [0.3, 0.4) is 0 Å². The van der Waals surface area contributed by atoms with E-state index in [1.54, 1.807) is 0 Å². The number of benzene rings is 2. The molecule has 1 aliphatic rings. The molecule has 1 heterocycles. The van der Waals surface area contributed by atoms with E-state index in [4.69, 9.17) is 5.73 Å². The maximum atomic E-state index is 13.4. The topological polar surface area (TPSA) is 83.7 Å². The summed E-state index contributed by atoms with van der Waals surface area (Å²) in [6.07, 6.45) is -3.78. The van der Waals surface area contributed by atoms with Crippen molar-refractivity contribution in [3.05, 3.63) is 65.2 Å². The summed E-state index contributed by atoms with van der Waals surface area (Å²) in [5, 5.41) is 0. The zero-order chi connectivity index (χ0) is 21.2. The van der Waals surface area contributed by atoms with E-state index in [-0.39, 0.29) is 23.8 Å². The van der Waals surface area contributed by atoms with Crippen molar-refractivity contribution in [2.24, 2.45) is 5.73 Å². The van der Waals surface area contributed by atoms with Crippen molar-refractivity contribution in [2.75, 3.05) is 18.1 Å². The molecule has 3 amide bonds. The Morgan fingerprint density at radius 2 is 1.72 bits per heavy atom. The molecule has 0 atom stereocenters.